The predicted octanol–water partition coefficient (Wildman–Crippen LogP) is 16.3. The standard InChI is InChI=1S/C54H92O6/c1-4-7-10-13-16-18-20-22-23-24-25-26-27-28-29-30-31-32-34-35-38-41-44-47-53(56)59-50-51(49-58-52(55)46-43-40-37-15-12-9-6-3)60-54(57)48-45-42-39-36-33-21-19-17-14-11-8-5-2/h7,10,16,18,22-23,25-26,28-29,31-32,51H,4-6,8-9,11-15,17,19-21,24,27,30,33-50H2,1-3H3/b10-7-,18-16-,23-22-,26-25-,29-28-,32-31-. The molecule has 0 aliphatic heterocycles. The van der Waals surface area contributed by atoms with Crippen molar-refractivity contribution in [3.8, 4) is 0 Å². The fourth-order valence-corrected chi connectivity index (χ4v) is 6.74. The number of carbonyl (C=O) groups excluding carboxylic acids is 3. The van der Waals surface area contributed by atoms with E-state index >= 15 is 0 Å². The summed E-state index contributed by atoms with van der Waals surface area (Å²) in [5, 5.41) is 0. The summed E-state index contributed by atoms with van der Waals surface area (Å²) in [4.78, 5) is 37.7. The lowest BCUT2D eigenvalue weighted by molar-refractivity contribution is -0.167. The third kappa shape index (κ3) is 45.9. The van der Waals surface area contributed by atoms with Crippen molar-refractivity contribution in [2.75, 3.05) is 13.2 Å². The molecule has 0 heterocycles. The van der Waals surface area contributed by atoms with Crippen LogP contribution >= 0.6 is 0 Å². The molecule has 1 atom stereocenters. The summed E-state index contributed by atoms with van der Waals surface area (Å²) in [6.07, 6.45) is 60.4. The molecule has 0 saturated heterocycles. The van der Waals surface area contributed by atoms with Crippen LogP contribution in [-0.4, -0.2) is 37.2 Å². The number of unbranched alkanes of at least 4 members (excludes halogenated alkanes) is 21. The van der Waals surface area contributed by atoms with E-state index in [2.05, 4.69) is 93.7 Å². The Balaban J connectivity index is 4.28. The molecular weight excluding hydrogens is 745 g/mol. The van der Waals surface area contributed by atoms with Crippen molar-refractivity contribution in [3.05, 3.63) is 72.9 Å². The molecule has 0 aromatic carbocycles. The highest BCUT2D eigenvalue weighted by atomic mass is 16.6. The zero-order valence-electron chi connectivity index (χ0n) is 39.2. The molecule has 0 aromatic heterocycles. The third-order valence-corrected chi connectivity index (χ3v) is 10.5. The van der Waals surface area contributed by atoms with E-state index in [0.29, 0.717) is 19.3 Å². The molecule has 0 amide bonds. The maximum absolute atomic E-state index is 12.7. The summed E-state index contributed by atoms with van der Waals surface area (Å²) in [6, 6.07) is 0. The van der Waals surface area contributed by atoms with Gasteiger partial charge >= 0.3 is 17.9 Å². The van der Waals surface area contributed by atoms with Crippen LogP contribution < -0.4 is 0 Å². The summed E-state index contributed by atoms with van der Waals surface area (Å²) in [6.45, 7) is 6.45. The summed E-state index contributed by atoms with van der Waals surface area (Å²) >= 11 is 0. The molecule has 0 aliphatic rings. The molecule has 344 valence electrons. The fraction of sp³-hybridized carbons (Fsp3) is 0.722. The fourth-order valence-electron chi connectivity index (χ4n) is 6.74. The van der Waals surface area contributed by atoms with Gasteiger partial charge in [0.15, 0.2) is 6.10 Å². The molecule has 0 saturated carbocycles. The Hall–Kier alpha value is -3.15. The molecule has 6 heteroatoms. The average Bonchev–Trinajstić information content (AvgIpc) is 3.24. The number of carbonyl (C=O) groups is 3. The topological polar surface area (TPSA) is 78.9 Å². The van der Waals surface area contributed by atoms with Crippen LogP contribution in [0.3, 0.4) is 0 Å². The number of hydrogen-bond acceptors (Lipinski definition) is 6. The minimum atomic E-state index is -0.779. The van der Waals surface area contributed by atoms with Gasteiger partial charge in [0.25, 0.3) is 0 Å². The van der Waals surface area contributed by atoms with E-state index in [-0.39, 0.29) is 31.1 Å². The largest absolute Gasteiger partial charge is 0.462 e. The highest BCUT2D eigenvalue weighted by molar-refractivity contribution is 5.71. The number of allylic oxidation sites excluding steroid dienone is 12. The molecule has 0 aliphatic carbocycles. The average molecular weight is 837 g/mol. The molecule has 6 nitrogen and oxygen atoms in total. The van der Waals surface area contributed by atoms with Gasteiger partial charge in [0.05, 0.1) is 0 Å². The second kappa shape index (κ2) is 48.5. The minimum absolute atomic E-state index is 0.0819. The first kappa shape index (κ1) is 56.9. The number of ether oxygens (including phenoxy) is 3. The van der Waals surface area contributed by atoms with Gasteiger partial charge in [-0.2, -0.15) is 0 Å². The minimum Gasteiger partial charge on any atom is -0.462 e. The molecular formula is C54H92O6. The summed E-state index contributed by atoms with van der Waals surface area (Å²) < 4.78 is 16.7. The van der Waals surface area contributed by atoms with Crippen molar-refractivity contribution in [2.24, 2.45) is 0 Å². The molecule has 0 fully saturated rings. The Labute approximate surface area is 370 Å². The van der Waals surface area contributed by atoms with Crippen molar-refractivity contribution < 1.29 is 28.6 Å². The van der Waals surface area contributed by atoms with Crippen LogP contribution in [0.5, 0.6) is 0 Å². The van der Waals surface area contributed by atoms with Gasteiger partial charge in [0.1, 0.15) is 13.2 Å². The van der Waals surface area contributed by atoms with Crippen molar-refractivity contribution in [3.63, 3.8) is 0 Å². The first-order chi connectivity index (χ1) is 29.5. The molecule has 1 unspecified atom stereocenters. The molecule has 0 radical (unpaired) electrons. The lowest BCUT2D eigenvalue weighted by atomic mass is 10.0. The van der Waals surface area contributed by atoms with Crippen LogP contribution in [0, 0.1) is 0 Å². The zero-order valence-corrected chi connectivity index (χ0v) is 39.2. The van der Waals surface area contributed by atoms with E-state index in [1.165, 1.54) is 83.5 Å². The van der Waals surface area contributed by atoms with Crippen LogP contribution in [0.25, 0.3) is 0 Å². The van der Waals surface area contributed by atoms with Crippen molar-refractivity contribution in [2.45, 2.75) is 239 Å². The SMILES string of the molecule is CC/C=C\C/C=C\C/C=C\C/C=C\C/C=C\C/C=C\CCCCCCC(=O)OCC(COC(=O)CCCCCCCCC)OC(=O)CCCCCCCCCCCCCC. The molecule has 0 bridgehead atoms. The Morgan fingerprint density at radius 2 is 0.650 bits per heavy atom. The normalized spacial score (nSPS) is 12.7. The Kier molecular flexibility index (Phi) is 46.0. The second-order valence-corrected chi connectivity index (χ2v) is 16.4. The van der Waals surface area contributed by atoms with Gasteiger partial charge in [-0.25, -0.2) is 0 Å². The van der Waals surface area contributed by atoms with Crippen molar-refractivity contribution in [1.29, 1.82) is 0 Å². The quantitative estimate of drug-likeness (QED) is 0.0263. The van der Waals surface area contributed by atoms with Gasteiger partial charge in [-0.05, 0) is 70.6 Å². The number of rotatable bonds is 44. The van der Waals surface area contributed by atoms with Crippen molar-refractivity contribution >= 4 is 17.9 Å². The van der Waals surface area contributed by atoms with Crippen LogP contribution in [0.15, 0.2) is 72.9 Å². The molecule has 0 aromatic rings. The summed E-state index contributed by atoms with van der Waals surface area (Å²) in [5.74, 6) is -0.914. The van der Waals surface area contributed by atoms with E-state index in [9.17, 15) is 14.4 Å². The van der Waals surface area contributed by atoms with Crippen LogP contribution in [0.4, 0.5) is 0 Å². The Morgan fingerprint density at radius 1 is 0.350 bits per heavy atom. The maximum Gasteiger partial charge on any atom is 0.306 e. The smallest absolute Gasteiger partial charge is 0.306 e. The molecule has 0 rings (SSSR count). The van der Waals surface area contributed by atoms with Gasteiger partial charge in [-0.3, -0.25) is 14.4 Å². The summed E-state index contributed by atoms with van der Waals surface area (Å²) in [5.41, 5.74) is 0. The van der Waals surface area contributed by atoms with E-state index in [1.807, 2.05) is 0 Å². The second-order valence-electron chi connectivity index (χ2n) is 16.4. The van der Waals surface area contributed by atoms with Crippen LogP contribution in [0.1, 0.15) is 233 Å². The monoisotopic (exact) mass is 837 g/mol. The third-order valence-electron chi connectivity index (χ3n) is 10.5. The highest BCUT2D eigenvalue weighted by Gasteiger charge is 2.19. The van der Waals surface area contributed by atoms with Gasteiger partial charge in [-0.1, -0.05) is 216 Å². The lowest BCUT2D eigenvalue weighted by Crippen LogP contribution is -2.30. The van der Waals surface area contributed by atoms with Gasteiger partial charge in [-0.15, -0.1) is 0 Å². The Bertz CT molecular complexity index is 1140. The van der Waals surface area contributed by atoms with Crippen LogP contribution in [0.2, 0.25) is 0 Å². The highest BCUT2D eigenvalue weighted by Crippen LogP contribution is 2.14. The summed E-state index contributed by atoms with van der Waals surface area (Å²) in [7, 11) is 0. The van der Waals surface area contributed by atoms with Gasteiger partial charge in [0.2, 0.25) is 0 Å². The van der Waals surface area contributed by atoms with E-state index in [1.54, 1.807) is 0 Å². The molecule has 0 N–H and O–H groups in total. The zero-order chi connectivity index (χ0) is 43.7. The predicted molar refractivity (Wildman–Crippen MR) is 256 cm³/mol. The van der Waals surface area contributed by atoms with E-state index < -0.39 is 6.10 Å². The maximum atomic E-state index is 12.7. The number of esters is 3. The first-order valence-electron chi connectivity index (χ1n) is 24.9. The molecule has 0 spiro atoms. The number of hydrogen-bond donors (Lipinski definition) is 0. The van der Waals surface area contributed by atoms with Crippen molar-refractivity contribution in [1.82, 2.24) is 0 Å². The van der Waals surface area contributed by atoms with Gasteiger partial charge < -0.3 is 14.2 Å². The van der Waals surface area contributed by atoms with Crippen LogP contribution in [-0.2, 0) is 28.6 Å². The van der Waals surface area contributed by atoms with Gasteiger partial charge in [0, 0.05) is 19.3 Å². The first-order valence-corrected chi connectivity index (χ1v) is 24.9. The lowest BCUT2D eigenvalue weighted by Gasteiger charge is -2.18. The van der Waals surface area contributed by atoms with E-state index in [0.717, 1.165) is 109 Å². The molecule has 60 heavy (non-hydrogen) atoms. The Morgan fingerprint density at radius 3 is 1.02 bits per heavy atom. The van der Waals surface area contributed by atoms with E-state index in [4.69, 9.17) is 14.2 Å².